The van der Waals surface area contributed by atoms with Gasteiger partial charge in [0.2, 0.25) is 0 Å². The summed E-state index contributed by atoms with van der Waals surface area (Å²) < 4.78 is 5.62. The van der Waals surface area contributed by atoms with Gasteiger partial charge in [0.25, 0.3) is 0 Å². The molecule has 0 unspecified atom stereocenters. The molecule has 4 heteroatoms. The van der Waals surface area contributed by atoms with Crippen molar-refractivity contribution in [2.45, 2.75) is 25.4 Å². The molecule has 0 amide bonds. The van der Waals surface area contributed by atoms with Crippen molar-refractivity contribution in [2.75, 3.05) is 19.6 Å². The molecule has 0 aliphatic carbocycles. The van der Waals surface area contributed by atoms with E-state index < -0.39 is 0 Å². The van der Waals surface area contributed by atoms with Crippen molar-refractivity contribution >= 4 is 18.4 Å². The van der Waals surface area contributed by atoms with Crippen LogP contribution in [-0.2, 0) is 11.2 Å². The molecule has 0 spiro atoms. The Bertz CT molecular complexity index is 610. The molecule has 2 aromatic carbocycles. The van der Waals surface area contributed by atoms with E-state index >= 15 is 0 Å². The Kier molecular flexibility index (Phi) is 7.29. The number of hydrogen-bond acceptors (Lipinski definition) is 3. The zero-order chi connectivity index (χ0) is 15.9. The van der Waals surface area contributed by atoms with Crippen molar-refractivity contribution in [3.63, 3.8) is 0 Å². The van der Waals surface area contributed by atoms with Crippen LogP contribution in [0.5, 0.6) is 0 Å². The fourth-order valence-corrected chi connectivity index (χ4v) is 2.98. The molecule has 0 bridgehead atoms. The number of halogens is 1. The zero-order valence-corrected chi connectivity index (χ0v) is 14.6. The third kappa shape index (κ3) is 5.36. The first-order valence-electron chi connectivity index (χ1n) is 8.33. The molecule has 3 nitrogen and oxygen atoms in total. The van der Waals surface area contributed by atoms with E-state index in [-0.39, 0.29) is 24.5 Å². The Balaban J connectivity index is 0.00000208. The molecule has 1 heterocycles. The fourth-order valence-electron chi connectivity index (χ4n) is 2.98. The highest BCUT2D eigenvalue weighted by Crippen LogP contribution is 2.16. The van der Waals surface area contributed by atoms with Crippen LogP contribution in [0.3, 0.4) is 0 Å². The minimum atomic E-state index is -0.201. The topological polar surface area (TPSA) is 29.5 Å². The third-order valence-corrected chi connectivity index (χ3v) is 4.38. The van der Waals surface area contributed by atoms with Gasteiger partial charge in [-0.25, -0.2) is 4.79 Å². The third-order valence-electron chi connectivity index (χ3n) is 4.38. The van der Waals surface area contributed by atoms with Gasteiger partial charge in [0.15, 0.2) is 0 Å². The van der Waals surface area contributed by atoms with Crippen molar-refractivity contribution in [2.24, 2.45) is 0 Å². The summed E-state index contributed by atoms with van der Waals surface area (Å²) in [5, 5.41) is 0. The number of rotatable bonds is 5. The first-order valence-corrected chi connectivity index (χ1v) is 8.33. The fraction of sp³-hybridized carbons (Fsp3) is 0.350. The number of ether oxygens (including phenoxy) is 1. The van der Waals surface area contributed by atoms with Gasteiger partial charge in [0.05, 0.1) is 5.56 Å². The van der Waals surface area contributed by atoms with Gasteiger partial charge in [-0.2, -0.15) is 0 Å². The van der Waals surface area contributed by atoms with Gasteiger partial charge in [-0.1, -0.05) is 48.5 Å². The molecule has 0 N–H and O–H groups in total. The first kappa shape index (κ1) is 18.5. The van der Waals surface area contributed by atoms with E-state index in [9.17, 15) is 4.79 Å². The van der Waals surface area contributed by atoms with Gasteiger partial charge >= 0.3 is 5.97 Å². The molecule has 0 atom stereocenters. The zero-order valence-electron chi connectivity index (χ0n) is 13.8. The summed E-state index contributed by atoms with van der Waals surface area (Å²) in [5.41, 5.74) is 2.02. The van der Waals surface area contributed by atoms with Gasteiger partial charge in [-0.15, -0.1) is 12.4 Å². The maximum atomic E-state index is 12.1. The van der Waals surface area contributed by atoms with E-state index in [0.717, 1.165) is 38.9 Å². The van der Waals surface area contributed by atoms with Gasteiger partial charge in [-0.3, -0.25) is 0 Å². The van der Waals surface area contributed by atoms with E-state index in [1.807, 2.05) is 18.2 Å². The molecule has 3 rings (SSSR count). The summed E-state index contributed by atoms with van der Waals surface area (Å²) in [5.74, 6) is -0.201. The molecule has 1 saturated heterocycles. The Morgan fingerprint density at radius 3 is 2.17 bits per heavy atom. The molecule has 2 aromatic rings. The number of benzene rings is 2. The van der Waals surface area contributed by atoms with Crippen LogP contribution >= 0.6 is 12.4 Å². The highest BCUT2D eigenvalue weighted by atomic mass is 35.5. The average Bonchev–Trinajstić information content (AvgIpc) is 2.63. The van der Waals surface area contributed by atoms with Crippen LogP contribution in [0.25, 0.3) is 0 Å². The molecule has 0 saturated carbocycles. The standard InChI is InChI=1S/C20H23NO2.ClH/c22-20(18-9-5-2-6-10-18)23-19-12-15-21(16-13-19)14-11-17-7-3-1-4-8-17;/h1-10,19H,11-16H2;1H. The Morgan fingerprint density at radius 2 is 1.54 bits per heavy atom. The van der Waals surface area contributed by atoms with Crippen molar-refractivity contribution in [3.05, 3.63) is 71.8 Å². The number of likely N-dealkylation sites (tertiary alicyclic amines) is 1. The molecule has 1 aliphatic rings. The first-order chi connectivity index (χ1) is 11.3. The second kappa shape index (κ2) is 9.45. The summed E-state index contributed by atoms with van der Waals surface area (Å²) >= 11 is 0. The lowest BCUT2D eigenvalue weighted by molar-refractivity contribution is 0.0115. The van der Waals surface area contributed by atoms with Crippen LogP contribution in [0, 0.1) is 0 Å². The predicted molar refractivity (Wildman–Crippen MR) is 98.7 cm³/mol. The van der Waals surface area contributed by atoms with Crippen LogP contribution in [-0.4, -0.2) is 36.6 Å². The number of piperidine rings is 1. The lowest BCUT2D eigenvalue weighted by Gasteiger charge is -2.31. The van der Waals surface area contributed by atoms with Crippen LogP contribution in [0.2, 0.25) is 0 Å². The van der Waals surface area contributed by atoms with E-state index in [2.05, 4.69) is 35.2 Å². The monoisotopic (exact) mass is 345 g/mol. The lowest BCUT2D eigenvalue weighted by atomic mass is 10.1. The lowest BCUT2D eigenvalue weighted by Crippen LogP contribution is -2.38. The van der Waals surface area contributed by atoms with Gasteiger partial charge in [-0.05, 0) is 37.0 Å². The van der Waals surface area contributed by atoms with E-state index in [1.165, 1.54) is 5.56 Å². The highest BCUT2D eigenvalue weighted by molar-refractivity contribution is 5.89. The molecule has 1 aliphatic heterocycles. The Morgan fingerprint density at radius 1 is 0.958 bits per heavy atom. The van der Waals surface area contributed by atoms with E-state index in [4.69, 9.17) is 4.74 Å². The molecular formula is C20H24ClNO2. The maximum Gasteiger partial charge on any atom is 0.338 e. The summed E-state index contributed by atoms with van der Waals surface area (Å²) in [4.78, 5) is 14.5. The van der Waals surface area contributed by atoms with Crippen molar-refractivity contribution < 1.29 is 9.53 Å². The second-order valence-corrected chi connectivity index (χ2v) is 6.05. The van der Waals surface area contributed by atoms with Gasteiger partial charge in [0, 0.05) is 19.6 Å². The second-order valence-electron chi connectivity index (χ2n) is 6.05. The molecule has 1 fully saturated rings. The van der Waals surface area contributed by atoms with E-state index in [1.54, 1.807) is 12.1 Å². The summed E-state index contributed by atoms with van der Waals surface area (Å²) in [6.07, 6.45) is 2.98. The normalized spacial score (nSPS) is 15.5. The minimum Gasteiger partial charge on any atom is -0.459 e. The number of nitrogens with zero attached hydrogens (tertiary/aromatic N) is 1. The Hall–Kier alpha value is -1.84. The number of carbonyl (C=O) groups is 1. The molecule has 24 heavy (non-hydrogen) atoms. The Labute approximate surface area is 150 Å². The largest absolute Gasteiger partial charge is 0.459 e. The maximum absolute atomic E-state index is 12.1. The highest BCUT2D eigenvalue weighted by Gasteiger charge is 2.22. The smallest absolute Gasteiger partial charge is 0.338 e. The van der Waals surface area contributed by atoms with Gasteiger partial charge in [0.1, 0.15) is 6.10 Å². The van der Waals surface area contributed by atoms with Crippen LogP contribution in [0.1, 0.15) is 28.8 Å². The van der Waals surface area contributed by atoms with Crippen molar-refractivity contribution in [1.29, 1.82) is 0 Å². The summed E-state index contributed by atoms with van der Waals surface area (Å²) in [6, 6.07) is 19.8. The number of hydrogen-bond donors (Lipinski definition) is 0. The SMILES string of the molecule is Cl.O=C(OC1CCN(CCc2ccccc2)CC1)c1ccccc1. The number of esters is 1. The van der Waals surface area contributed by atoms with Crippen molar-refractivity contribution in [3.8, 4) is 0 Å². The van der Waals surface area contributed by atoms with Crippen molar-refractivity contribution in [1.82, 2.24) is 4.90 Å². The van der Waals surface area contributed by atoms with Gasteiger partial charge < -0.3 is 9.64 Å². The number of carbonyl (C=O) groups excluding carboxylic acids is 1. The quantitative estimate of drug-likeness (QED) is 0.768. The molecule has 128 valence electrons. The van der Waals surface area contributed by atoms with Crippen LogP contribution in [0.4, 0.5) is 0 Å². The van der Waals surface area contributed by atoms with Crippen LogP contribution in [0.15, 0.2) is 60.7 Å². The molecule has 0 aromatic heterocycles. The summed E-state index contributed by atoms with van der Waals surface area (Å²) in [6.45, 7) is 3.07. The van der Waals surface area contributed by atoms with Crippen LogP contribution < -0.4 is 0 Å². The molecular weight excluding hydrogens is 322 g/mol. The summed E-state index contributed by atoms with van der Waals surface area (Å²) in [7, 11) is 0. The molecule has 0 radical (unpaired) electrons. The predicted octanol–water partition coefficient (Wildman–Crippen LogP) is 3.97. The minimum absolute atomic E-state index is 0. The average molecular weight is 346 g/mol. The van der Waals surface area contributed by atoms with E-state index in [0.29, 0.717) is 5.56 Å².